The molecule has 1 amide bonds. The Bertz CT molecular complexity index is 1000. The van der Waals surface area contributed by atoms with Crippen molar-refractivity contribution in [2.45, 2.75) is 23.9 Å². The monoisotopic (exact) mass is 400 g/mol. The van der Waals surface area contributed by atoms with Crippen LogP contribution in [0.4, 0.5) is 11.4 Å². The van der Waals surface area contributed by atoms with E-state index in [1.54, 1.807) is 26.2 Å². The molecule has 28 heavy (non-hydrogen) atoms. The lowest BCUT2D eigenvalue weighted by molar-refractivity contribution is -0.383. The lowest BCUT2D eigenvalue weighted by Crippen LogP contribution is -2.23. The number of methoxy groups -OCH3 is 1. The number of nitro benzene ring substituents is 1. The highest BCUT2D eigenvalue weighted by molar-refractivity contribution is 8.00. The molecule has 1 atom stereocenters. The van der Waals surface area contributed by atoms with Gasteiger partial charge in [-0.15, -0.1) is 0 Å². The quantitative estimate of drug-likeness (QED) is 0.352. The first-order valence-corrected chi connectivity index (χ1v) is 9.54. The molecular weight excluding hydrogens is 380 g/mol. The van der Waals surface area contributed by atoms with Crippen molar-refractivity contribution in [1.82, 2.24) is 9.55 Å². The average Bonchev–Trinajstić information content (AvgIpc) is 3.03. The molecule has 0 radical (unpaired) electrons. The maximum absolute atomic E-state index is 12.6. The average molecular weight is 400 g/mol. The van der Waals surface area contributed by atoms with Crippen molar-refractivity contribution in [2.75, 3.05) is 19.0 Å². The summed E-state index contributed by atoms with van der Waals surface area (Å²) in [7, 11) is 1.63. The molecule has 0 saturated heterocycles. The van der Waals surface area contributed by atoms with E-state index in [0.29, 0.717) is 18.3 Å². The number of rotatable bonds is 8. The number of carbonyl (C=O) groups excluding carboxylic acids is 1. The Hall–Kier alpha value is -2.91. The molecule has 146 valence electrons. The number of nitrogens with one attached hydrogen (secondary N) is 1. The van der Waals surface area contributed by atoms with Crippen molar-refractivity contribution in [3.63, 3.8) is 0 Å². The maximum Gasteiger partial charge on any atom is 0.292 e. The van der Waals surface area contributed by atoms with Crippen LogP contribution in [0, 0.1) is 10.1 Å². The normalized spacial score (nSPS) is 12.1. The predicted molar refractivity (Wildman–Crippen MR) is 109 cm³/mol. The molecule has 0 aliphatic heterocycles. The van der Waals surface area contributed by atoms with Crippen LogP contribution in [0.3, 0.4) is 0 Å². The molecule has 1 N–H and O–H groups in total. The van der Waals surface area contributed by atoms with Gasteiger partial charge in [-0.3, -0.25) is 14.9 Å². The van der Waals surface area contributed by atoms with Gasteiger partial charge in [0, 0.05) is 19.7 Å². The van der Waals surface area contributed by atoms with Crippen LogP contribution in [0.1, 0.15) is 6.92 Å². The summed E-state index contributed by atoms with van der Waals surface area (Å²) in [4.78, 5) is 27.9. The summed E-state index contributed by atoms with van der Waals surface area (Å²) >= 11 is 1.30. The molecule has 0 spiro atoms. The van der Waals surface area contributed by atoms with Crippen LogP contribution in [0.25, 0.3) is 11.0 Å². The van der Waals surface area contributed by atoms with Crippen molar-refractivity contribution in [3.8, 4) is 0 Å². The minimum atomic E-state index is -0.516. The number of hydrogen-bond donors (Lipinski definition) is 1. The zero-order valence-electron chi connectivity index (χ0n) is 15.5. The Morgan fingerprint density at radius 3 is 2.75 bits per heavy atom. The molecule has 0 saturated carbocycles. The van der Waals surface area contributed by atoms with Gasteiger partial charge in [-0.2, -0.15) is 0 Å². The van der Waals surface area contributed by atoms with Crippen LogP contribution in [-0.4, -0.2) is 39.3 Å². The number of benzene rings is 2. The fourth-order valence-electron chi connectivity index (χ4n) is 2.73. The van der Waals surface area contributed by atoms with Crippen molar-refractivity contribution in [3.05, 3.63) is 58.6 Å². The summed E-state index contributed by atoms with van der Waals surface area (Å²) in [6.45, 7) is 2.87. The van der Waals surface area contributed by atoms with Gasteiger partial charge in [0.15, 0.2) is 5.16 Å². The second kappa shape index (κ2) is 8.85. The van der Waals surface area contributed by atoms with E-state index in [0.717, 1.165) is 11.0 Å². The van der Waals surface area contributed by atoms with Gasteiger partial charge in [0.2, 0.25) is 5.91 Å². The Kier molecular flexibility index (Phi) is 6.27. The van der Waals surface area contributed by atoms with Gasteiger partial charge in [0.05, 0.1) is 27.8 Å². The third kappa shape index (κ3) is 4.32. The number of anilines is 1. The van der Waals surface area contributed by atoms with Crippen molar-refractivity contribution in [2.24, 2.45) is 0 Å². The van der Waals surface area contributed by atoms with E-state index < -0.39 is 10.2 Å². The first kappa shape index (κ1) is 19.8. The molecule has 1 aromatic heterocycles. The van der Waals surface area contributed by atoms with Crippen LogP contribution < -0.4 is 5.32 Å². The van der Waals surface area contributed by atoms with Gasteiger partial charge in [0.25, 0.3) is 5.69 Å². The SMILES string of the molecule is COCCn1c(SC(C)C(=O)Nc2ccccc2[N+](=O)[O-])nc2ccccc21. The van der Waals surface area contributed by atoms with E-state index >= 15 is 0 Å². The summed E-state index contributed by atoms with van der Waals surface area (Å²) in [6, 6.07) is 13.8. The van der Waals surface area contributed by atoms with Gasteiger partial charge in [0.1, 0.15) is 5.69 Å². The van der Waals surface area contributed by atoms with Gasteiger partial charge >= 0.3 is 0 Å². The number of thioether (sulfide) groups is 1. The van der Waals surface area contributed by atoms with Crippen LogP contribution in [0.2, 0.25) is 0 Å². The third-order valence-electron chi connectivity index (χ3n) is 4.15. The fraction of sp³-hybridized carbons (Fsp3) is 0.263. The van der Waals surface area contributed by atoms with Crippen LogP contribution in [0.15, 0.2) is 53.7 Å². The number of nitro groups is 1. The minimum Gasteiger partial charge on any atom is -0.383 e. The topological polar surface area (TPSA) is 99.3 Å². The number of imidazole rings is 1. The fourth-order valence-corrected chi connectivity index (χ4v) is 3.68. The Labute approximate surface area is 166 Å². The number of nitrogens with zero attached hydrogens (tertiary/aromatic N) is 3. The summed E-state index contributed by atoms with van der Waals surface area (Å²) < 4.78 is 7.20. The summed E-state index contributed by atoms with van der Waals surface area (Å²) in [5.74, 6) is -0.329. The molecule has 0 aliphatic carbocycles. The zero-order valence-corrected chi connectivity index (χ0v) is 16.3. The number of aromatic nitrogens is 2. The molecule has 8 nitrogen and oxygen atoms in total. The van der Waals surface area contributed by atoms with Crippen LogP contribution in [0.5, 0.6) is 0 Å². The highest BCUT2D eigenvalue weighted by atomic mass is 32.2. The number of carbonyl (C=O) groups is 1. The third-order valence-corrected chi connectivity index (χ3v) is 5.24. The summed E-state index contributed by atoms with van der Waals surface area (Å²) in [5, 5.41) is 14.0. The van der Waals surface area contributed by atoms with Crippen molar-refractivity contribution in [1.29, 1.82) is 0 Å². The maximum atomic E-state index is 12.6. The highest BCUT2D eigenvalue weighted by Crippen LogP contribution is 2.29. The van der Waals surface area contributed by atoms with Crippen LogP contribution in [-0.2, 0) is 16.1 Å². The van der Waals surface area contributed by atoms with Gasteiger partial charge in [-0.25, -0.2) is 4.98 Å². The highest BCUT2D eigenvalue weighted by Gasteiger charge is 2.22. The lowest BCUT2D eigenvalue weighted by atomic mass is 10.2. The van der Waals surface area contributed by atoms with Crippen molar-refractivity contribution < 1.29 is 14.5 Å². The molecule has 1 heterocycles. The van der Waals surface area contributed by atoms with E-state index in [1.807, 2.05) is 28.8 Å². The van der Waals surface area contributed by atoms with E-state index in [2.05, 4.69) is 10.3 Å². The Morgan fingerprint density at radius 1 is 1.29 bits per heavy atom. The molecule has 0 bridgehead atoms. The zero-order chi connectivity index (χ0) is 20.1. The number of amides is 1. The second-order valence-corrected chi connectivity index (χ2v) is 7.36. The van der Waals surface area contributed by atoms with Crippen LogP contribution >= 0.6 is 11.8 Å². The minimum absolute atomic E-state index is 0.139. The number of hydrogen-bond acceptors (Lipinski definition) is 6. The number of fused-ring (bicyclic) bond motifs is 1. The largest absolute Gasteiger partial charge is 0.383 e. The van der Waals surface area contributed by atoms with E-state index in [4.69, 9.17) is 4.74 Å². The van der Waals surface area contributed by atoms with E-state index in [-0.39, 0.29) is 17.3 Å². The molecule has 0 aliphatic rings. The smallest absolute Gasteiger partial charge is 0.292 e. The summed E-state index contributed by atoms with van der Waals surface area (Å²) in [6.07, 6.45) is 0. The number of para-hydroxylation sites is 4. The Balaban J connectivity index is 1.80. The molecule has 3 aromatic rings. The molecule has 3 rings (SSSR count). The summed E-state index contributed by atoms with van der Waals surface area (Å²) in [5.41, 5.74) is 1.85. The molecule has 9 heteroatoms. The van der Waals surface area contributed by atoms with Gasteiger partial charge < -0.3 is 14.6 Å². The van der Waals surface area contributed by atoms with E-state index in [9.17, 15) is 14.9 Å². The van der Waals surface area contributed by atoms with Gasteiger partial charge in [-0.1, -0.05) is 36.0 Å². The van der Waals surface area contributed by atoms with Gasteiger partial charge in [-0.05, 0) is 25.1 Å². The first-order chi connectivity index (χ1) is 13.5. The molecular formula is C19H20N4O4S. The molecule has 0 fully saturated rings. The molecule has 2 aromatic carbocycles. The second-order valence-electron chi connectivity index (χ2n) is 6.05. The number of ether oxygens (including phenoxy) is 1. The standard InChI is InChI=1S/C19H20N4O4S/c1-13(18(24)20-15-8-4-6-10-17(15)23(25)26)28-19-21-14-7-3-5-9-16(14)22(19)11-12-27-2/h3-10,13H,11-12H2,1-2H3,(H,20,24). The van der Waals surface area contributed by atoms with E-state index in [1.165, 1.54) is 23.9 Å². The first-order valence-electron chi connectivity index (χ1n) is 8.66. The van der Waals surface area contributed by atoms with Crippen molar-refractivity contribution >= 4 is 40.1 Å². The Morgan fingerprint density at radius 2 is 2.00 bits per heavy atom. The lowest BCUT2D eigenvalue weighted by Gasteiger charge is -2.13. The molecule has 1 unspecified atom stereocenters. The predicted octanol–water partition coefficient (Wildman–Crippen LogP) is 3.71.